The van der Waals surface area contributed by atoms with Crippen LogP contribution in [0.3, 0.4) is 0 Å². The second-order valence-corrected chi connectivity index (χ2v) is 3.91. The molecule has 0 amide bonds. The third kappa shape index (κ3) is 7.89. The van der Waals surface area contributed by atoms with Gasteiger partial charge in [0.2, 0.25) is 0 Å². The highest BCUT2D eigenvalue weighted by Gasteiger charge is 2.05. The Bertz CT molecular complexity index is 129. The summed E-state index contributed by atoms with van der Waals surface area (Å²) in [6.45, 7) is 10.4. The standard InChI is InChI=1S/C12H25N/c1-5-7-8-10-12(9-6-2)13-11(3)4/h12-13H,3,5-10H2,1-2,4H3. The molecule has 0 aromatic rings. The molecule has 1 N–H and O–H groups in total. The average Bonchev–Trinajstić information content (AvgIpc) is 2.04. The highest BCUT2D eigenvalue weighted by atomic mass is 14.9. The normalized spacial score (nSPS) is 12.5. The lowest BCUT2D eigenvalue weighted by Crippen LogP contribution is -2.26. The van der Waals surface area contributed by atoms with Crippen LogP contribution in [0.25, 0.3) is 0 Å². The summed E-state index contributed by atoms with van der Waals surface area (Å²) in [5.74, 6) is 0. The average molecular weight is 183 g/mol. The van der Waals surface area contributed by atoms with Gasteiger partial charge in [-0.2, -0.15) is 0 Å². The Morgan fingerprint density at radius 3 is 2.31 bits per heavy atom. The van der Waals surface area contributed by atoms with Crippen LogP contribution in [0.2, 0.25) is 0 Å². The quantitative estimate of drug-likeness (QED) is 0.563. The molecular weight excluding hydrogens is 158 g/mol. The minimum atomic E-state index is 0.661. The van der Waals surface area contributed by atoms with Gasteiger partial charge in [-0.25, -0.2) is 0 Å². The third-order valence-electron chi connectivity index (χ3n) is 2.24. The number of nitrogens with one attached hydrogen (secondary N) is 1. The maximum Gasteiger partial charge on any atom is 0.0257 e. The fourth-order valence-corrected chi connectivity index (χ4v) is 1.63. The van der Waals surface area contributed by atoms with Crippen molar-refractivity contribution in [1.82, 2.24) is 5.32 Å². The topological polar surface area (TPSA) is 12.0 Å². The zero-order valence-corrected chi connectivity index (χ0v) is 9.53. The zero-order valence-electron chi connectivity index (χ0n) is 9.53. The second-order valence-electron chi connectivity index (χ2n) is 3.91. The van der Waals surface area contributed by atoms with Crippen molar-refractivity contribution >= 4 is 0 Å². The van der Waals surface area contributed by atoms with E-state index in [1.54, 1.807) is 0 Å². The molecule has 0 spiro atoms. The van der Waals surface area contributed by atoms with Crippen molar-refractivity contribution in [2.75, 3.05) is 0 Å². The van der Waals surface area contributed by atoms with Gasteiger partial charge in [0.1, 0.15) is 0 Å². The molecule has 0 rings (SSSR count). The molecule has 1 unspecified atom stereocenters. The Morgan fingerprint density at radius 1 is 1.15 bits per heavy atom. The van der Waals surface area contributed by atoms with Crippen molar-refractivity contribution in [3.8, 4) is 0 Å². The summed E-state index contributed by atoms with van der Waals surface area (Å²) < 4.78 is 0. The van der Waals surface area contributed by atoms with E-state index >= 15 is 0 Å². The minimum absolute atomic E-state index is 0.661. The highest BCUT2D eigenvalue weighted by Crippen LogP contribution is 2.09. The number of allylic oxidation sites excluding steroid dienone is 1. The molecule has 1 heteroatoms. The molecule has 0 aliphatic rings. The van der Waals surface area contributed by atoms with Crippen LogP contribution in [0.1, 0.15) is 59.3 Å². The van der Waals surface area contributed by atoms with E-state index in [-0.39, 0.29) is 0 Å². The van der Waals surface area contributed by atoms with E-state index in [1.165, 1.54) is 38.5 Å². The monoisotopic (exact) mass is 183 g/mol. The summed E-state index contributed by atoms with van der Waals surface area (Å²) in [4.78, 5) is 0. The molecule has 1 atom stereocenters. The first-order chi connectivity index (χ1) is 6.20. The lowest BCUT2D eigenvalue weighted by molar-refractivity contribution is 0.464. The van der Waals surface area contributed by atoms with Gasteiger partial charge in [-0.3, -0.25) is 0 Å². The molecule has 0 aliphatic carbocycles. The second kappa shape index (κ2) is 8.15. The Balaban J connectivity index is 3.59. The van der Waals surface area contributed by atoms with E-state index in [0.29, 0.717) is 6.04 Å². The predicted molar refractivity (Wildman–Crippen MR) is 60.8 cm³/mol. The van der Waals surface area contributed by atoms with Crippen LogP contribution in [0.15, 0.2) is 12.3 Å². The molecule has 0 saturated carbocycles. The predicted octanol–water partition coefficient (Wildman–Crippen LogP) is 3.86. The number of rotatable bonds is 8. The van der Waals surface area contributed by atoms with E-state index in [4.69, 9.17) is 0 Å². The fourth-order valence-electron chi connectivity index (χ4n) is 1.63. The Kier molecular flexibility index (Phi) is 7.86. The van der Waals surface area contributed by atoms with Crippen molar-refractivity contribution in [2.45, 2.75) is 65.3 Å². The van der Waals surface area contributed by atoms with Crippen LogP contribution in [-0.4, -0.2) is 6.04 Å². The first kappa shape index (κ1) is 12.5. The van der Waals surface area contributed by atoms with Gasteiger partial charge < -0.3 is 5.32 Å². The van der Waals surface area contributed by atoms with Crippen LogP contribution >= 0.6 is 0 Å². The largest absolute Gasteiger partial charge is 0.386 e. The molecule has 0 radical (unpaired) electrons. The molecule has 0 aliphatic heterocycles. The summed E-state index contributed by atoms with van der Waals surface area (Å²) >= 11 is 0. The van der Waals surface area contributed by atoms with E-state index in [2.05, 4.69) is 25.7 Å². The Labute approximate surface area is 83.6 Å². The molecule has 0 heterocycles. The number of hydrogen-bond donors (Lipinski definition) is 1. The lowest BCUT2D eigenvalue weighted by Gasteiger charge is -2.18. The first-order valence-corrected chi connectivity index (χ1v) is 5.62. The number of hydrogen-bond acceptors (Lipinski definition) is 1. The van der Waals surface area contributed by atoms with Crippen molar-refractivity contribution in [3.05, 3.63) is 12.3 Å². The first-order valence-electron chi connectivity index (χ1n) is 5.62. The fraction of sp³-hybridized carbons (Fsp3) is 0.833. The molecule has 0 saturated heterocycles. The van der Waals surface area contributed by atoms with Crippen molar-refractivity contribution in [3.63, 3.8) is 0 Å². The van der Waals surface area contributed by atoms with Gasteiger partial charge in [-0.1, -0.05) is 46.1 Å². The highest BCUT2D eigenvalue weighted by molar-refractivity contribution is 4.88. The van der Waals surface area contributed by atoms with Crippen LogP contribution in [0.4, 0.5) is 0 Å². The van der Waals surface area contributed by atoms with Crippen LogP contribution in [0, 0.1) is 0 Å². The van der Waals surface area contributed by atoms with E-state index in [1.807, 2.05) is 6.92 Å². The van der Waals surface area contributed by atoms with Gasteiger partial charge in [0, 0.05) is 11.7 Å². The van der Waals surface area contributed by atoms with E-state index in [9.17, 15) is 0 Å². The summed E-state index contributed by atoms with van der Waals surface area (Å²) in [5, 5.41) is 3.45. The minimum Gasteiger partial charge on any atom is -0.386 e. The maximum absolute atomic E-state index is 3.89. The van der Waals surface area contributed by atoms with Gasteiger partial charge in [-0.05, 0) is 19.8 Å². The molecular formula is C12H25N. The summed E-state index contributed by atoms with van der Waals surface area (Å²) in [6.07, 6.45) is 7.85. The zero-order chi connectivity index (χ0) is 10.1. The molecule has 0 bridgehead atoms. The molecule has 0 aromatic heterocycles. The molecule has 78 valence electrons. The van der Waals surface area contributed by atoms with Gasteiger partial charge in [0.15, 0.2) is 0 Å². The van der Waals surface area contributed by atoms with E-state index < -0.39 is 0 Å². The summed E-state index contributed by atoms with van der Waals surface area (Å²) in [7, 11) is 0. The molecule has 0 fully saturated rings. The van der Waals surface area contributed by atoms with Gasteiger partial charge >= 0.3 is 0 Å². The van der Waals surface area contributed by atoms with E-state index in [0.717, 1.165) is 5.70 Å². The Morgan fingerprint density at radius 2 is 1.85 bits per heavy atom. The number of unbranched alkanes of at least 4 members (excludes halogenated alkanes) is 2. The van der Waals surface area contributed by atoms with Gasteiger partial charge in [0.05, 0.1) is 0 Å². The van der Waals surface area contributed by atoms with Crippen molar-refractivity contribution in [1.29, 1.82) is 0 Å². The summed E-state index contributed by atoms with van der Waals surface area (Å²) in [6, 6.07) is 0.661. The van der Waals surface area contributed by atoms with Gasteiger partial charge in [-0.15, -0.1) is 0 Å². The molecule has 0 aromatic carbocycles. The van der Waals surface area contributed by atoms with Crippen LogP contribution < -0.4 is 5.32 Å². The lowest BCUT2D eigenvalue weighted by atomic mass is 10.0. The van der Waals surface area contributed by atoms with Crippen LogP contribution in [-0.2, 0) is 0 Å². The summed E-state index contributed by atoms with van der Waals surface area (Å²) in [5.41, 5.74) is 1.11. The van der Waals surface area contributed by atoms with Gasteiger partial charge in [0.25, 0.3) is 0 Å². The van der Waals surface area contributed by atoms with Crippen molar-refractivity contribution in [2.24, 2.45) is 0 Å². The van der Waals surface area contributed by atoms with Crippen molar-refractivity contribution < 1.29 is 0 Å². The molecule has 13 heavy (non-hydrogen) atoms. The molecule has 1 nitrogen and oxygen atoms in total. The maximum atomic E-state index is 3.89. The Hall–Kier alpha value is -0.460. The third-order valence-corrected chi connectivity index (χ3v) is 2.24. The smallest absolute Gasteiger partial charge is 0.0257 e. The van der Waals surface area contributed by atoms with Crippen LogP contribution in [0.5, 0.6) is 0 Å². The SMILES string of the molecule is C=C(C)NC(CCC)CCCCC.